The van der Waals surface area contributed by atoms with Gasteiger partial charge in [-0.15, -0.1) is 11.3 Å². The average Bonchev–Trinajstić information content (AvgIpc) is 3.17. The number of thiophene rings is 1. The Balaban J connectivity index is 1.41. The number of aliphatic hydroxyl groups is 1. The molecule has 1 saturated heterocycles. The zero-order valence-electron chi connectivity index (χ0n) is 15.3. The molecule has 0 spiro atoms. The Morgan fingerprint density at radius 3 is 2.65 bits per heavy atom. The van der Waals surface area contributed by atoms with Crippen LogP contribution in [0.4, 0.5) is 5.69 Å². The molecule has 2 heterocycles. The van der Waals surface area contributed by atoms with Crippen molar-refractivity contribution in [2.45, 2.75) is 19.6 Å². The normalized spacial score (nSPS) is 16.6. The molecule has 1 aromatic heterocycles. The maximum Gasteiger partial charge on any atom is 0.142 e. The van der Waals surface area contributed by atoms with Crippen LogP contribution < -0.4 is 9.64 Å². The summed E-state index contributed by atoms with van der Waals surface area (Å²) in [6.07, 6.45) is -0.447. The molecule has 26 heavy (non-hydrogen) atoms. The lowest BCUT2D eigenvalue weighted by Gasteiger charge is -2.37. The van der Waals surface area contributed by atoms with Gasteiger partial charge in [-0.25, -0.2) is 0 Å². The Kier molecular flexibility index (Phi) is 7.32. The van der Waals surface area contributed by atoms with Gasteiger partial charge in [-0.3, -0.25) is 4.90 Å². The summed E-state index contributed by atoms with van der Waals surface area (Å²) in [5.74, 6) is 0.950. The number of para-hydroxylation sites is 2. The summed E-state index contributed by atoms with van der Waals surface area (Å²) in [4.78, 5) is 5.86. The Hall–Kier alpha value is -1.60. The summed E-state index contributed by atoms with van der Waals surface area (Å²) < 4.78 is 11.4. The van der Waals surface area contributed by atoms with E-state index in [2.05, 4.69) is 28.0 Å². The van der Waals surface area contributed by atoms with E-state index >= 15 is 0 Å². The van der Waals surface area contributed by atoms with Gasteiger partial charge in [0.05, 0.1) is 31.6 Å². The van der Waals surface area contributed by atoms with Gasteiger partial charge in [-0.05, 0) is 30.5 Å². The zero-order chi connectivity index (χ0) is 18.2. The van der Waals surface area contributed by atoms with E-state index in [-0.39, 0.29) is 0 Å². The molecule has 5 nitrogen and oxygen atoms in total. The minimum Gasteiger partial charge on any atom is -0.492 e. The number of aliphatic hydroxyl groups excluding tert-OH is 1. The number of benzene rings is 1. The highest BCUT2D eigenvalue weighted by atomic mass is 32.1. The smallest absolute Gasteiger partial charge is 0.142 e. The number of ether oxygens (including phenoxy) is 2. The van der Waals surface area contributed by atoms with Crippen molar-refractivity contribution < 1.29 is 14.6 Å². The molecule has 2 aromatic rings. The summed E-state index contributed by atoms with van der Waals surface area (Å²) in [5.41, 5.74) is 1.16. The molecule has 1 aliphatic rings. The first-order chi connectivity index (χ1) is 12.8. The first-order valence-electron chi connectivity index (χ1n) is 9.23. The molecule has 0 radical (unpaired) electrons. The van der Waals surface area contributed by atoms with Crippen LogP contribution in [0.2, 0.25) is 0 Å². The van der Waals surface area contributed by atoms with Crippen LogP contribution in [0, 0.1) is 0 Å². The summed E-state index contributed by atoms with van der Waals surface area (Å²) in [5, 5.41) is 12.3. The van der Waals surface area contributed by atoms with Gasteiger partial charge in [0.2, 0.25) is 0 Å². The van der Waals surface area contributed by atoms with Gasteiger partial charge in [0.15, 0.2) is 0 Å². The van der Waals surface area contributed by atoms with E-state index < -0.39 is 6.10 Å². The van der Waals surface area contributed by atoms with Crippen molar-refractivity contribution in [3.63, 3.8) is 0 Å². The molecule has 0 saturated carbocycles. The summed E-state index contributed by atoms with van der Waals surface area (Å²) in [7, 11) is 0. The molecule has 1 fully saturated rings. The predicted octanol–water partition coefficient (Wildman–Crippen LogP) is 2.85. The molecule has 1 N–H and O–H groups in total. The second kappa shape index (κ2) is 9.92. The topological polar surface area (TPSA) is 45.2 Å². The molecule has 0 amide bonds. The maximum absolute atomic E-state index is 10.2. The van der Waals surface area contributed by atoms with Gasteiger partial charge in [-0.1, -0.05) is 18.2 Å². The second-order valence-corrected chi connectivity index (χ2v) is 7.47. The lowest BCUT2D eigenvalue weighted by atomic mass is 10.2. The van der Waals surface area contributed by atoms with E-state index in [1.165, 1.54) is 4.88 Å². The zero-order valence-corrected chi connectivity index (χ0v) is 16.2. The van der Waals surface area contributed by atoms with Gasteiger partial charge in [0.1, 0.15) is 5.75 Å². The van der Waals surface area contributed by atoms with Crippen molar-refractivity contribution in [1.29, 1.82) is 0 Å². The molecular formula is C20H28N2O3S. The highest BCUT2D eigenvalue weighted by molar-refractivity contribution is 7.09. The molecule has 0 bridgehead atoms. The molecule has 6 heteroatoms. The molecule has 142 valence electrons. The first kappa shape index (κ1) is 19.2. The molecule has 1 aromatic carbocycles. The van der Waals surface area contributed by atoms with Crippen molar-refractivity contribution in [1.82, 2.24) is 4.90 Å². The Labute approximate surface area is 159 Å². The van der Waals surface area contributed by atoms with Crippen LogP contribution in [-0.2, 0) is 11.3 Å². The summed E-state index contributed by atoms with van der Waals surface area (Å²) in [6, 6.07) is 12.3. The van der Waals surface area contributed by atoms with Crippen LogP contribution in [0.25, 0.3) is 0 Å². The second-order valence-electron chi connectivity index (χ2n) is 6.44. The SMILES string of the molecule is CCOc1ccccc1N1CCN(C[C@H](O)COCc2cccs2)CC1. The molecule has 1 aliphatic heterocycles. The maximum atomic E-state index is 10.2. The van der Waals surface area contributed by atoms with E-state index in [4.69, 9.17) is 9.47 Å². The van der Waals surface area contributed by atoms with Crippen LogP contribution in [0.5, 0.6) is 5.75 Å². The number of rotatable bonds is 9. The monoisotopic (exact) mass is 376 g/mol. The van der Waals surface area contributed by atoms with Crippen LogP contribution in [-0.4, -0.2) is 62.0 Å². The third kappa shape index (κ3) is 5.45. The fourth-order valence-electron chi connectivity index (χ4n) is 3.21. The summed E-state index contributed by atoms with van der Waals surface area (Å²) >= 11 is 1.68. The van der Waals surface area contributed by atoms with E-state index in [0.29, 0.717) is 26.4 Å². The Morgan fingerprint density at radius 1 is 1.12 bits per heavy atom. The number of anilines is 1. The first-order valence-corrected chi connectivity index (χ1v) is 10.1. The summed E-state index contributed by atoms with van der Waals surface area (Å²) in [6.45, 7) is 8.04. The third-order valence-electron chi connectivity index (χ3n) is 4.48. The van der Waals surface area contributed by atoms with Crippen molar-refractivity contribution in [2.75, 3.05) is 50.8 Å². The van der Waals surface area contributed by atoms with Gasteiger partial charge >= 0.3 is 0 Å². The van der Waals surface area contributed by atoms with Gasteiger partial charge in [-0.2, -0.15) is 0 Å². The van der Waals surface area contributed by atoms with E-state index in [1.54, 1.807) is 11.3 Å². The minimum absolute atomic E-state index is 0.380. The lowest BCUT2D eigenvalue weighted by Crippen LogP contribution is -2.49. The standard InChI is InChI=1S/C20H28N2O3S/c1-2-25-20-8-4-3-7-19(20)22-11-9-21(10-12-22)14-17(23)15-24-16-18-6-5-13-26-18/h3-8,13,17,23H,2,9-12,14-16H2,1H3/t17-/m0/s1. The number of nitrogens with zero attached hydrogens (tertiary/aromatic N) is 2. The third-order valence-corrected chi connectivity index (χ3v) is 5.33. The van der Waals surface area contributed by atoms with Gasteiger partial charge in [0, 0.05) is 37.6 Å². The fraction of sp³-hybridized carbons (Fsp3) is 0.500. The lowest BCUT2D eigenvalue weighted by molar-refractivity contribution is 0.00990. The highest BCUT2D eigenvalue weighted by Gasteiger charge is 2.21. The molecule has 0 aliphatic carbocycles. The van der Waals surface area contributed by atoms with Crippen LogP contribution in [0.15, 0.2) is 41.8 Å². The van der Waals surface area contributed by atoms with E-state index in [0.717, 1.165) is 37.6 Å². The highest BCUT2D eigenvalue weighted by Crippen LogP contribution is 2.28. The van der Waals surface area contributed by atoms with E-state index in [9.17, 15) is 5.11 Å². The Bertz CT molecular complexity index is 642. The van der Waals surface area contributed by atoms with Crippen molar-refractivity contribution in [2.24, 2.45) is 0 Å². The number of hydrogen-bond donors (Lipinski definition) is 1. The van der Waals surface area contributed by atoms with Crippen molar-refractivity contribution in [3.05, 3.63) is 46.7 Å². The Morgan fingerprint density at radius 2 is 1.92 bits per heavy atom. The average molecular weight is 377 g/mol. The number of β-amino-alcohol motifs (C(OH)–C–C–N with tert-alkyl or cyclic N) is 1. The van der Waals surface area contributed by atoms with Crippen molar-refractivity contribution >= 4 is 17.0 Å². The molecule has 3 rings (SSSR count). The molecule has 0 unspecified atom stereocenters. The van der Waals surface area contributed by atoms with Crippen LogP contribution in [0.1, 0.15) is 11.8 Å². The number of piperazine rings is 1. The largest absolute Gasteiger partial charge is 0.492 e. The molecular weight excluding hydrogens is 348 g/mol. The fourth-order valence-corrected chi connectivity index (χ4v) is 3.85. The van der Waals surface area contributed by atoms with E-state index in [1.807, 2.05) is 30.5 Å². The van der Waals surface area contributed by atoms with Gasteiger partial charge in [0.25, 0.3) is 0 Å². The number of hydrogen-bond acceptors (Lipinski definition) is 6. The molecule has 1 atom stereocenters. The predicted molar refractivity (Wildman–Crippen MR) is 106 cm³/mol. The van der Waals surface area contributed by atoms with Gasteiger partial charge < -0.3 is 19.5 Å². The van der Waals surface area contributed by atoms with Crippen LogP contribution in [0.3, 0.4) is 0 Å². The van der Waals surface area contributed by atoms with Crippen molar-refractivity contribution in [3.8, 4) is 5.75 Å². The van der Waals surface area contributed by atoms with Crippen LogP contribution >= 0.6 is 11.3 Å². The quantitative estimate of drug-likeness (QED) is 0.729. The minimum atomic E-state index is -0.447.